The van der Waals surface area contributed by atoms with Gasteiger partial charge in [0, 0.05) is 18.9 Å². The lowest BCUT2D eigenvalue weighted by molar-refractivity contribution is 0.0767. The molecular weight excluding hydrogens is 358 g/mol. The number of H-pyrrole nitrogens is 1. The van der Waals surface area contributed by atoms with Gasteiger partial charge < -0.3 is 14.4 Å². The van der Waals surface area contributed by atoms with Crippen molar-refractivity contribution < 1.29 is 9.32 Å². The van der Waals surface area contributed by atoms with Crippen molar-refractivity contribution >= 4 is 17.5 Å². The summed E-state index contributed by atoms with van der Waals surface area (Å²) in [7, 11) is 1.54. The maximum Gasteiger partial charge on any atom is 0.261 e. The lowest BCUT2D eigenvalue weighted by Crippen LogP contribution is -2.33. The normalized spacial score (nSPS) is 10.8. The molecule has 3 aromatic rings. The topological polar surface area (TPSA) is 105 Å². The molecule has 26 heavy (non-hydrogen) atoms. The molecule has 0 bridgehead atoms. The van der Waals surface area contributed by atoms with Crippen molar-refractivity contribution in [2.45, 2.75) is 20.4 Å². The first-order chi connectivity index (χ1) is 12.4. The van der Waals surface area contributed by atoms with E-state index in [1.807, 2.05) is 6.07 Å². The minimum atomic E-state index is -0.485. The first kappa shape index (κ1) is 17.8. The highest BCUT2D eigenvalue weighted by Gasteiger charge is 2.23. The van der Waals surface area contributed by atoms with Crippen molar-refractivity contribution in [1.29, 1.82) is 0 Å². The van der Waals surface area contributed by atoms with E-state index in [2.05, 4.69) is 20.1 Å². The van der Waals surface area contributed by atoms with Gasteiger partial charge in [-0.3, -0.25) is 14.6 Å². The zero-order valence-corrected chi connectivity index (χ0v) is 15.2. The van der Waals surface area contributed by atoms with Gasteiger partial charge in [-0.25, -0.2) is 0 Å². The van der Waals surface area contributed by atoms with Crippen LogP contribution in [0, 0.1) is 13.8 Å². The number of carbonyl (C=O) groups excluding carboxylic acids is 1. The minimum Gasteiger partial charge on any atom is -0.337 e. The van der Waals surface area contributed by atoms with E-state index < -0.39 is 11.5 Å². The molecule has 1 amide bonds. The number of amides is 1. The van der Waals surface area contributed by atoms with Gasteiger partial charge in [-0.05, 0) is 31.5 Å². The van der Waals surface area contributed by atoms with Crippen LogP contribution in [-0.2, 0) is 6.54 Å². The monoisotopic (exact) mass is 373 g/mol. The third-order valence-electron chi connectivity index (χ3n) is 3.86. The Morgan fingerprint density at radius 1 is 1.35 bits per heavy atom. The molecule has 3 rings (SSSR count). The van der Waals surface area contributed by atoms with Crippen molar-refractivity contribution in [3.63, 3.8) is 0 Å². The maximum absolute atomic E-state index is 12.7. The van der Waals surface area contributed by atoms with E-state index in [0.29, 0.717) is 27.8 Å². The molecule has 9 heteroatoms. The molecule has 0 radical (unpaired) electrons. The summed E-state index contributed by atoms with van der Waals surface area (Å²) < 4.78 is 5.17. The Bertz CT molecular complexity index is 1010. The number of carbonyl (C=O) groups is 1. The predicted molar refractivity (Wildman–Crippen MR) is 94.9 cm³/mol. The fourth-order valence-corrected chi connectivity index (χ4v) is 2.63. The Kier molecular flexibility index (Phi) is 4.85. The van der Waals surface area contributed by atoms with Gasteiger partial charge in [0.1, 0.15) is 17.8 Å². The molecule has 3 aromatic heterocycles. The third-order valence-corrected chi connectivity index (χ3v) is 4.42. The van der Waals surface area contributed by atoms with Gasteiger partial charge >= 0.3 is 0 Å². The Morgan fingerprint density at radius 2 is 2.12 bits per heavy atom. The fraction of sp³-hybridized carbons (Fsp3) is 0.235. The van der Waals surface area contributed by atoms with Crippen LogP contribution in [0.15, 0.2) is 33.7 Å². The van der Waals surface area contributed by atoms with Gasteiger partial charge in [0.15, 0.2) is 0 Å². The van der Waals surface area contributed by atoms with Gasteiger partial charge in [0.05, 0.1) is 5.02 Å². The molecule has 8 nitrogen and oxygen atoms in total. The largest absolute Gasteiger partial charge is 0.337 e. The predicted octanol–water partition coefficient (Wildman–Crippen LogP) is 2.36. The molecule has 0 unspecified atom stereocenters. The van der Waals surface area contributed by atoms with E-state index in [9.17, 15) is 9.59 Å². The van der Waals surface area contributed by atoms with Crippen molar-refractivity contribution in [3.05, 3.63) is 62.5 Å². The number of hydrogen-bond donors (Lipinski definition) is 1. The van der Waals surface area contributed by atoms with E-state index in [0.717, 1.165) is 0 Å². The average molecular weight is 374 g/mol. The standard InChI is InChI=1S/C17H16ClN5O3/c1-9-13(16(24)20-10(2)14(9)18)17(25)23(3)8-12-21-15(22-26-12)11-6-4-5-7-19-11/h4-7H,8H2,1-3H3,(H,20,24). The first-order valence-corrected chi connectivity index (χ1v) is 8.14. The number of nitrogens with one attached hydrogen (secondary N) is 1. The van der Waals surface area contributed by atoms with Crippen LogP contribution in [0.2, 0.25) is 5.02 Å². The van der Waals surface area contributed by atoms with Crippen LogP contribution in [0.1, 0.15) is 27.5 Å². The molecule has 0 atom stereocenters. The summed E-state index contributed by atoms with van der Waals surface area (Å²) in [6, 6.07) is 5.34. The molecule has 0 saturated carbocycles. The van der Waals surface area contributed by atoms with Gasteiger partial charge in [0.2, 0.25) is 11.7 Å². The quantitative estimate of drug-likeness (QED) is 0.752. The summed E-state index contributed by atoms with van der Waals surface area (Å²) in [5.41, 5.74) is 1.03. The lowest BCUT2D eigenvalue weighted by Gasteiger charge is -2.16. The van der Waals surface area contributed by atoms with E-state index in [1.54, 1.807) is 39.2 Å². The Morgan fingerprint density at radius 3 is 2.81 bits per heavy atom. The van der Waals surface area contributed by atoms with Gasteiger partial charge in [-0.1, -0.05) is 22.8 Å². The highest BCUT2D eigenvalue weighted by molar-refractivity contribution is 6.32. The van der Waals surface area contributed by atoms with Crippen molar-refractivity contribution in [2.75, 3.05) is 7.05 Å². The van der Waals surface area contributed by atoms with Crippen molar-refractivity contribution in [3.8, 4) is 11.5 Å². The second-order valence-electron chi connectivity index (χ2n) is 5.78. The zero-order valence-electron chi connectivity index (χ0n) is 14.4. The number of aromatic amines is 1. The maximum atomic E-state index is 12.7. The Balaban J connectivity index is 1.82. The van der Waals surface area contributed by atoms with Crippen LogP contribution in [0.4, 0.5) is 0 Å². The fourth-order valence-electron chi connectivity index (χ4n) is 2.49. The summed E-state index contributed by atoms with van der Waals surface area (Å²) in [4.78, 5) is 37.1. The highest BCUT2D eigenvalue weighted by atomic mass is 35.5. The van der Waals surface area contributed by atoms with Crippen LogP contribution in [0.5, 0.6) is 0 Å². The van der Waals surface area contributed by atoms with E-state index in [1.165, 1.54) is 4.90 Å². The van der Waals surface area contributed by atoms with E-state index in [4.69, 9.17) is 16.1 Å². The summed E-state index contributed by atoms with van der Waals surface area (Å²) in [5.74, 6) is 0.0749. The Hall–Kier alpha value is -3.00. The first-order valence-electron chi connectivity index (χ1n) is 7.77. The van der Waals surface area contributed by atoms with Crippen LogP contribution in [0.3, 0.4) is 0 Å². The summed E-state index contributed by atoms with van der Waals surface area (Å²) in [5, 5.41) is 4.21. The number of halogens is 1. The number of rotatable bonds is 4. The molecule has 134 valence electrons. The van der Waals surface area contributed by atoms with Crippen LogP contribution in [-0.4, -0.2) is 38.0 Å². The second kappa shape index (κ2) is 7.09. The third kappa shape index (κ3) is 3.36. The van der Waals surface area contributed by atoms with E-state index in [-0.39, 0.29) is 18.0 Å². The van der Waals surface area contributed by atoms with Crippen LogP contribution >= 0.6 is 11.6 Å². The van der Waals surface area contributed by atoms with Crippen LogP contribution in [0.25, 0.3) is 11.5 Å². The zero-order chi connectivity index (χ0) is 18.8. The molecule has 0 spiro atoms. The molecule has 0 fully saturated rings. The number of nitrogens with zero attached hydrogens (tertiary/aromatic N) is 4. The number of pyridine rings is 2. The molecule has 0 aromatic carbocycles. The average Bonchev–Trinajstić information content (AvgIpc) is 3.09. The lowest BCUT2D eigenvalue weighted by atomic mass is 10.1. The molecule has 0 aliphatic heterocycles. The molecule has 0 saturated heterocycles. The molecule has 0 aliphatic carbocycles. The highest BCUT2D eigenvalue weighted by Crippen LogP contribution is 2.20. The van der Waals surface area contributed by atoms with Gasteiger partial charge in [0.25, 0.3) is 11.5 Å². The van der Waals surface area contributed by atoms with Crippen molar-refractivity contribution in [2.24, 2.45) is 0 Å². The number of aryl methyl sites for hydroxylation is 1. The van der Waals surface area contributed by atoms with E-state index >= 15 is 0 Å². The number of aromatic nitrogens is 4. The van der Waals surface area contributed by atoms with Gasteiger partial charge in [-0.2, -0.15) is 4.98 Å². The van der Waals surface area contributed by atoms with Crippen LogP contribution < -0.4 is 5.56 Å². The summed E-state index contributed by atoms with van der Waals surface area (Å²) in [6.07, 6.45) is 1.62. The molecule has 0 aliphatic rings. The SMILES string of the molecule is Cc1[nH]c(=O)c(C(=O)N(C)Cc2nc(-c3ccccn3)no2)c(C)c1Cl. The number of hydrogen-bond acceptors (Lipinski definition) is 6. The smallest absolute Gasteiger partial charge is 0.261 e. The summed E-state index contributed by atoms with van der Waals surface area (Å²) >= 11 is 6.15. The van der Waals surface area contributed by atoms with Crippen molar-refractivity contribution in [1.82, 2.24) is 25.0 Å². The molecular formula is C17H16ClN5O3. The van der Waals surface area contributed by atoms with Gasteiger partial charge in [-0.15, -0.1) is 0 Å². The summed E-state index contributed by atoms with van der Waals surface area (Å²) in [6.45, 7) is 3.35. The minimum absolute atomic E-state index is 0.00688. The second-order valence-corrected chi connectivity index (χ2v) is 6.16. The molecule has 1 N–H and O–H groups in total. The Labute approximate surface area is 153 Å². The molecule has 3 heterocycles.